The molecule has 2 aliphatic carbocycles. The molecule has 16 heteroatoms. The van der Waals surface area contributed by atoms with Crippen LogP contribution in [-0.4, -0.2) is 115 Å². The second-order valence-electron chi connectivity index (χ2n) is 23.4. The van der Waals surface area contributed by atoms with E-state index in [0.29, 0.717) is 30.9 Å². The van der Waals surface area contributed by atoms with Crippen LogP contribution in [0.4, 0.5) is 11.9 Å². The van der Waals surface area contributed by atoms with Crippen molar-refractivity contribution in [1.82, 2.24) is 49.6 Å². The summed E-state index contributed by atoms with van der Waals surface area (Å²) >= 11 is 0. The number of benzene rings is 2. The van der Waals surface area contributed by atoms with Gasteiger partial charge in [0.1, 0.15) is 18.3 Å². The Kier molecular flexibility index (Phi) is 15.0. The molecule has 8 heterocycles. The third-order valence-electron chi connectivity index (χ3n) is 16.7. The maximum atomic E-state index is 6.25. The number of rotatable bonds is 15. The predicted octanol–water partition coefficient (Wildman–Crippen LogP) is 13.1. The molecular weight excluding hydrogens is 965 g/mol. The van der Waals surface area contributed by atoms with Gasteiger partial charge < -0.3 is 34.0 Å². The van der Waals surface area contributed by atoms with Crippen LogP contribution in [0.2, 0.25) is 25.7 Å². The van der Waals surface area contributed by atoms with Crippen LogP contribution in [0.3, 0.4) is 0 Å². The minimum atomic E-state index is -1.18. The summed E-state index contributed by atoms with van der Waals surface area (Å²) in [7, 11) is -1.18. The van der Waals surface area contributed by atoms with Crippen LogP contribution in [0.1, 0.15) is 98.2 Å². The molecule has 6 aromatic heterocycles. The van der Waals surface area contributed by atoms with Crippen LogP contribution in [0.15, 0.2) is 70.2 Å². The van der Waals surface area contributed by atoms with Gasteiger partial charge >= 0.3 is 0 Å². The number of H-pyrrole nitrogens is 1. The minimum Gasteiger partial charge on any atom is -0.361 e. The largest absolute Gasteiger partial charge is 0.361 e. The van der Waals surface area contributed by atoms with Gasteiger partial charge in [-0.15, -0.1) is 0 Å². The van der Waals surface area contributed by atoms with Gasteiger partial charge in [-0.1, -0.05) is 54.2 Å². The molecule has 2 saturated carbocycles. The van der Waals surface area contributed by atoms with E-state index >= 15 is 0 Å². The minimum absolute atomic E-state index is 0.400. The molecule has 0 unspecified atom stereocenters. The van der Waals surface area contributed by atoms with E-state index in [2.05, 4.69) is 128 Å². The molecule has 4 fully saturated rings. The third kappa shape index (κ3) is 10.9. The summed E-state index contributed by atoms with van der Waals surface area (Å²) in [4.78, 5) is 28.3. The number of aromatic amines is 1. The molecule has 2 aromatic carbocycles. The van der Waals surface area contributed by atoms with Crippen molar-refractivity contribution in [3.8, 4) is 44.8 Å². The van der Waals surface area contributed by atoms with Crippen molar-refractivity contribution < 1.29 is 13.8 Å². The average Bonchev–Trinajstić information content (AvgIpc) is 4.29. The summed E-state index contributed by atoms with van der Waals surface area (Å²) in [6.07, 6.45) is 20.9. The SMILES string of the molecule is Cc1cnc(N[C@H]2CCC[C@@H]2N2CCCC2)nc1-c1c[nH]c2cc(-c3c(C)noc3C)ccc12.Cc1cnc(N[C@H]2CCC[C@@H]2N2CCCC2)nc1-c1cn(COCC[Si](C)(C)C)c2cc(-c3c(C)noc3C)ccc12. The topological polar surface area (TPSA) is 164 Å². The summed E-state index contributed by atoms with van der Waals surface area (Å²) in [6.45, 7) is 25.4. The summed E-state index contributed by atoms with van der Waals surface area (Å²) in [6, 6.07) is 16.2. The lowest BCUT2D eigenvalue weighted by atomic mass is 10.0. The maximum Gasteiger partial charge on any atom is 0.223 e. The molecule has 0 radical (unpaired) electrons. The lowest BCUT2D eigenvalue weighted by molar-refractivity contribution is 0.0903. The second kappa shape index (κ2) is 22.0. The lowest BCUT2D eigenvalue weighted by Gasteiger charge is -2.29. The molecule has 0 amide bonds. The Hall–Kier alpha value is -6.20. The quantitative estimate of drug-likeness (QED) is 0.0657. The van der Waals surface area contributed by atoms with E-state index in [-0.39, 0.29) is 0 Å². The van der Waals surface area contributed by atoms with Gasteiger partial charge in [-0.25, -0.2) is 19.9 Å². The molecule has 3 N–H and O–H groups in total. The highest BCUT2D eigenvalue weighted by atomic mass is 28.3. The molecule has 12 rings (SSSR count). The molecule has 0 spiro atoms. The van der Waals surface area contributed by atoms with Gasteiger partial charge in [-0.3, -0.25) is 9.80 Å². The zero-order chi connectivity index (χ0) is 52.7. The van der Waals surface area contributed by atoms with E-state index in [4.69, 9.17) is 28.7 Å². The van der Waals surface area contributed by atoms with Crippen LogP contribution < -0.4 is 10.6 Å². The van der Waals surface area contributed by atoms with Crippen LogP contribution in [-0.2, 0) is 11.5 Å². The number of hydrogen-bond acceptors (Lipinski definition) is 13. The van der Waals surface area contributed by atoms with E-state index in [1.54, 1.807) is 0 Å². The predicted molar refractivity (Wildman–Crippen MR) is 308 cm³/mol. The van der Waals surface area contributed by atoms with Gasteiger partial charge in [0.15, 0.2) is 0 Å². The number of likely N-dealkylation sites (tertiary alicyclic amines) is 2. The molecular formula is C60H78N12O3Si. The summed E-state index contributed by atoms with van der Waals surface area (Å²) < 4.78 is 19.3. The molecule has 15 nitrogen and oxygen atoms in total. The Morgan fingerprint density at radius 2 is 1.17 bits per heavy atom. The van der Waals surface area contributed by atoms with E-state index in [1.165, 1.54) is 90.4 Å². The average molecular weight is 1040 g/mol. The molecule has 2 saturated heterocycles. The Morgan fingerprint density at radius 1 is 0.645 bits per heavy atom. The van der Waals surface area contributed by atoms with Gasteiger partial charge in [-0.2, -0.15) is 0 Å². The number of aryl methyl sites for hydroxylation is 6. The van der Waals surface area contributed by atoms with Crippen molar-refractivity contribution in [2.75, 3.05) is 43.4 Å². The van der Waals surface area contributed by atoms with Crippen LogP contribution in [0, 0.1) is 41.5 Å². The first-order valence-electron chi connectivity index (χ1n) is 28.1. The highest BCUT2D eigenvalue weighted by Gasteiger charge is 2.35. The van der Waals surface area contributed by atoms with Crippen molar-refractivity contribution in [3.05, 3.63) is 95.2 Å². The van der Waals surface area contributed by atoms with Gasteiger partial charge in [0.25, 0.3) is 0 Å². The van der Waals surface area contributed by atoms with Gasteiger partial charge in [0.05, 0.1) is 28.3 Å². The van der Waals surface area contributed by atoms with Crippen molar-refractivity contribution in [3.63, 3.8) is 0 Å². The number of aromatic nitrogens is 8. The van der Waals surface area contributed by atoms with Gasteiger partial charge in [0.2, 0.25) is 11.9 Å². The highest BCUT2D eigenvalue weighted by molar-refractivity contribution is 6.76. The zero-order valence-corrected chi connectivity index (χ0v) is 47.4. The normalized spacial score (nSPS) is 20.3. The van der Waals surface area contributed by atoms with E-state index in [0.717, 1.165) is 125 Å². The number of ether oxygens (including phenoxy) is 1. The number of anilines is 2. The first-order valence-corrected chi connectivity index (χ1v) is 31.8. The Bertz CT molecular complexity index is 3280. The fourth-order valence-corrected chi connectivity index (χ4v) is 13.4. The molecule has 8 aromatic rings. The fourth-order valence-electron chi connectivity index (χ4n) is 12.7. The Balaban J connectivity index is 0.000000166. The van der Waals surface area contributed by atoms with Gasteiger partial charge in [0, 0.05) is 102 Å². The second-order valence-corrected chi connectivity index (χ2v) is 29.0. The zero-order valence-electron chi connectivity index (χ0n) is 46.4. The molecule has 76 heavy (non-hydrogen) atoms. The van der Waals surface area contributed by atoms with Crippen LogP contribution >= 0.6 is 0 Å². The first kappa shape index (κ1) is 51.9. The van der Waals surface area contributed by atoms with Crippen molar-refractivity contribution >= 4 is 41.8 Å². The Morgan fingerprint density at radius 3 is 1.70 bits per heavy atom. The maximum absolute atomic E-state index is 6.25. The molecule has 4 atom stereocenters. The van der Waals surface area contributed by atoms with Crippen LogP contribution in [0.25, 0.3) is 66.6 Å². The number of fused-ring (bicyclic) bond motifs is 2. The molecule has 400 valence electrons. The lowest BCUT2D eigenvalue weighted by Crippen LogP contribution is -2.42. The third-order valence-corrected chi connectivity index (χ3v) is 18.4. The van der Waals surface area contributed by atoms with Crippen molar-refractivity contribution in [2.45, 2.75) is 162 Å². The number of hydrogen-bond donors (Lipinski definition) is 3. The van der Waals surface area contributed by atoms with Crippen molar-refractivity contribution in [1.29, 1.82) is 0 Å². The van der Waals surface area contributed by atoms with E-state index in [9.17, 15) is 0 Å². The summed E-state index contributed by atoms with van der Waals surface area (Å²) in [5.74, 6) is 3.13. The van der Waals surface area contributed by atoms with Crippen LogP contribution in [0.5, 0.6) is 0 Å². The summed E-state index contributed by atoms with van der Waals surface area (Å²) in [5.41, 5.74) is 14.6. The monoisotopic (exact) mass is 1040 g/mol. The molecule has 0 bridgehead atoms. The molecule has 2 aliphatic heterocycles. The molecule has 4 aliphatic rings. The fraction of sp³-hybridized carbons (Fsp3) is 0.500. The van der Waals surface area contributed by atoms with E-state index < -0.39 is 8.07 Å². The Labute approximate surface area is 449 Å². The summed E-state index contributed by atoms with van der Waals surface area (Å²) in [5, 5.41) is 18.1. The number of nitrogens with zero attached hydrogens (tertiary/aromatic N) is 9. The van der Waals surface area contributed by atoms with Crippen molar-refractivity contribution in [2.24, 2.45) is 0 Å². The van der Waals surface area contributed by atoms with Gasteiger partial charge in [-0.05, 0) is 172 Å². The van der Waals surface area contributed by atoms with E-state index in [1.807, 2.05) is 40.1 Å². The smallest absolute Gasteiger partial charge is 0.223 e. The highest BCUT2D eigenvalue weighted by Crippen LogP contribution is 2.39. The first-order chi connectivity index (χ1) is 36.8. The number of nitrogens with one attached hydrogen (secondary N) is 3. The standard InChI is InChI=1S/C33H46N6O2Si.C27H32N6O/c1-22-19-34-33(35-28-10-9-11-29(28)38-14-7-8-15-38)36-32(22)27-20-39(21-40-16-17-42(4,5)6)30-18-25(12-13-26(27)30)31-23(2)37-41-24(31)3;1-16-14-29-27(30-22-7-6-8-24(22)33-11-4-5-12-33)31-26(16)21-15-28-23-13-19(9-10-20(21)23)25-17(2)32-34-18(25)3/h12-13,18-20,28-29H,7-11,14-17,21H2,1-6H3,(H,34,35,36);9-10,13-15,22,24,28H,4-8,11-12H2,1-3H3,(H,29,30,31)/t28-,29-;22-,24-/m00/s1.